The molecule has 1 aliphatic rings. The average Bonchev–Trinajstić information content (AvgIpc) is 3.11. The molecule has 6 nitrogen and oxygen atoms in total. The molecule has 2 amide bonds. The Kier molecular flexibility index (Phi) is 3.11. The van der Waals surface area contributed by atoms with Crippen LogP contribution in [0.3, 0.4) is 0 Å². The summed E-state index contributed by atoms with van der Waals surface area (Å²) in [6, 6.07) is 9.81. The third-order valence-electron chi connectivity index (χ3n) is 4.46. The number of nitrogens with one attached hydrogen (secondary N) is 2. The van der Waals surface area contributed by atoms with Crippen LogP contribution in [-0.2, 0) is 6.42 Å². The van der Waals surface area contributed by atoms with Crippen molar-refractivity contribution in [3.63, 3.8) is 0 Å². The number of para-hydroxylation sites is 1. The molecule has 23 heavy (non-hydrogen) atoms. The number of aryl methyl sites for hydroxylation is 1. The van der Waals surface area contributed by atoms with E-state index in [1.165, 1.54) is 10.9 Å². The maximum Gasteiger partial charge on any atom is 0.323 e. The van der Waals surface area contributed by atoms with E-state index in [9.17, 15) is 4.79 Å². The van der Waals surface area contributed by atoms with E-state index < -0.39 is 0 Å². The first kappa shape index (κ1) is 13.9. The molecule has 1 atom stereocenters. The first-order chi connectivity index (χ1) is 11.1. The van der Waals surface area contributed by atoms with Gasteiger partial charge in [-0.1, -0.05) is 23.4 Å². The van der Waals surface area contributed by atoms with E-state index in [4.69, 9.17) is 4.52 Å². The van der Waals surface area contributed by atoms with E-state index in [1.807, 2.05) is 24.0 Å². The summed E-state index contributed by atoms with van der Waals surface area (Å²) in [7, 11) is 0. The van der Waals surface area contributed by atoms with Crippen LogP contribution in [0.1, 0.15) is 30.0 Å². The van der Waals surface area contributed by atoms with Gasteiger partial charge in [-0.2, -0.15) is 0 Å². The van der Waals surface area contributed by atoms with Crippen molar-refractivity contribution in [2.75, 3.05) is 11.9 Å². The van der Waals surface area contributed by atoms with Crippen LogP contribution >= 0.6 is 0 Å². The highest BCUT2D eigenvalue weighted by Gasteiger charge is 2.30. The number of carbonyl (C=O) groups excluding carboxylic acids is 1. The molecule has 1 aromatic carbocycles. The number of H-pyrrole nitrogens is 1. The number of benzene rings is 1. The van der Waals surface area contributed by atoms with Crippen LogP contribution in [-0.4, -0.2) is 27.6 Å². The second-order valence-corrected chi connectivity index (χ2v) is 5.94. The van der Waals surface area contributed by atoms with Gasteiger partial charge in [0.25, 0.3) is 0 Å². The number of carbonyl (C=O) groups is 1. The van der Waals surface area contributed by atoms with Gasteiger partial charge in [-0.3, -0.25) is 5.32 Å². The Balaban J connectivity index is 1.61. The smallest absolute Gasteiger partial charge is 0.323 e. The summed E-state index contributed by atoms with van der Waals surface area (Å²) in [5, 5.41) is 7.86. The largest absolute Gasteiger partial charge is 0.360 e. The molecule has 3 heterocycles. The fourth-order valence-corrected chi connectivity index (χ4v) is 3.31. The zero-order chi connectivity index (χ0) is 16.0. The van der Waals surface area contributed by atoms with Crippen molar-refractivity contribution < 1.29 is 9.32 Å². The molecule has 118 valence electrons. The van der Waals surface area contributed by atoms with Crippen molar-refractivity contribution in [3.8, 4) is 0 Å². The van der Waals surface area contributed by atoms with Crippen molar-refractivity contribution in [2.45, 2.75) is 26.3 Å². The third-order valence-corrected chi connectivity index (χ3v) is 4.46. The molecule has 0 fully saturated rings. The third kappa shape index (κ3) is 2.27. The Morgan fingerprint density at radius 3 is 3.04 bits per heavy atom. The molecule has 4 rings (SSSR count). The van der Waals surface area contributed by atoms with Crippen LogP contribution in [0.15, 0.2) is 34.9 Å². The second-order valence-electron chi connectivity index (χ2n) is 5.94. The van der Waals surface area contributed by atoms with Gasteiger partial charge >= 0.3 is 6.03 Å². The van der Waals surface area contributed by atoms with Crippen molar-refractivity contribution in [1.82, 2.24) is 15.0 Å². The van der Waals surface area contributed by atoms with Crippen LogP contribution in [0.5, 0.6) is 0 Å². The van der Waals surface area contributed by atoms with Gasteiger partial charge in [-0.25, -0.2) is 4.79 Å². The molecule has 0 bridgehead atoms. The summed E-state index contributed by atoms with van der Waals surface area (Å²) < 4.78 is 4.99. The Labute approximate surface area is 133 Å². The molecule has 2 N–H and O–H groups in total. The summed E-state index contributed by atoms with van der Waals surface area (Å²) in [6.07, 6.45) is 0.842. The van der Waals surface area contributed by atoms with Gasteiger partial charge in [0.2, 0.25) is 0 Å². The SMILES string of the molecule is Cc1cc(NC(=O)N2CCc3c([nH]c4ccccc34)[C@@H]2C)no1. The number of hydrogen-bond donors (Lipinski definition) is 2. The molecule has 0 saturated carbocycles. The average molecular weight is 310 g/mol. The van der Waals surface area contributed by atoms with Gasteiger partial charge in [0.05, 0.1) is 6.04 Å². The fourth-order valence-electron chi connectivity index (χ4n) is 3.31. The summed E-state index contributed by atoms with van der Waals surface area (Å²) in [5.74, 6) is 1.12. The summed E-state index contributed by atoms with van der Waals surface area (Å²) in [5.41, 5.74) is 3.55. The van der Waals surface area contributed by atoms with Gasteiger partial charge in [0, 0.05) is 29.2 Å². The predicted octanol–water partition coefficient (Wildman–Crippen LogP) is 3.62. The van der Waals surface area contributed by atoms with E-state index in [0.717, 1.165) is 17.6 Å². The van der Waals surface area contributed by atoms with Gasteiger partial charge in [0.15, 0.2) is 5.82 Å². The maximum absolute atomic E-state index is 12.5. The minimum absolute atomic E-state index is 0.0147. The minimum atomic E-state index is -0.157. The van der Waals surface area contributed by atoms with Crippen LogP contribution in [0.2, 0.25) is 0 Å². The topological polar surface area (TPSA) is 74.2 Å². The number of nitrogens with zero attached hydrogens (tertiary/aromatic N) is 2. The first-order valence-corrected chi connectivity index (χ1v) is 7.74. The number of hydrogen-bond acceptors (Lipinski definition) is 3. The lowest BCUT2D eigenvalue weighted by atomic mass is 9.98. The Hall–Kier alpha value is -2.76. The minimum Gasteiger partial charge on any atom is -0.360 e. The van der Waals surface area contributed by atoms with Crippen LogP contribution in [0.4, 0.5) is 10.6 Å². The lowest BCUT2D eigenvalue weighted by molar-refractivity contribution is 0.187. The highest BCUT2D eigenvalue weighted by atomic mass is 16.5. The normalized spacial score (nSPS) is 17.3. The number of anilines is 1. The van der Waals surface area contributed by atoms with Gasteiger partial charge in [0.1, 0.15) is 5.76 Å². The maximum atomic E-state index is 12.5. The van der Waals surface area contributed by atoms with E-state index in [1.54, 1.807) is 13.0 Å². The molecule has 0 saturated heterocycles. The van der Waals surface area contributed by atoms with Crippen molar-refractivity contribution >= 4 is 22.8 Å². The fraction of sp³-hybridized carbons (Fsp3) is 0.294. The molecule has 6 heteroatoms. The first-order valence-electron chi connectivity index (χ1n) is 7.74. The second kappa shape index (κ2) is 5.15. The molecular formula is C17H18N4O2. The number of aromatic nitrogens is 2. The number of urea groups is 1. The van der Waals surface area contributed by atoms with Crippen molar-refractivity contribution in [2.24, 2.45) is 0 Å². The lowest BCUT2D eigenvalue weighted by Crippen LogP contribution is -2.41. The molecule has 2 aromatic heterocycles. The number of rotatable bonds is 1. The predicted molar refractivity (Wildman–Crippen MR) is 87.4 cm³/mol. The Bertz CT molecular complexity index is 880. The number of aromatic amines is 1. The zero-order valence-corrected chi connectivity index (χ0v) is 13.1. The van der Waals surface area contributed by atoms with Crippen LogP contribution < -0.4 is 5.32 Å². The van der Waals surface area contributed by atoms with Crippen molar-refractivity contribution in [3.05, 3.63) is 47.3 Å². The van der Waals surface area contributed by atoms with E-state index in [2.05, 4.69) is 27.6 Å². The summed E-state index contributed by atoms with van der Waals surface area (Å²) >= 11 is 0. The lowest BCUT2D eigenvalue weighted by Gasteiger charge is -2.33. The van der Waals surface area contributed by atoms with Gasteiger partial charge < -0.3 is 14.4 Å². The quantitative estimate of drug-likeness (QED) is 0.721. The van der Waals surface area contributed by atoms with E-state index >= 15 is 0 Å². The molecule has 1 aliphatic heterocycles. The highest BCUT2D eigenvalue weighted by Crippen LogP contribution is 2.34. The summed E-state index contributed by atoms with van der Waals surface area (Å²) in [6.45, 7) is 4.52. The van der Waals surface area contributed by atoms with E-state index in [0.29, 0.717) is 18.1 Å². The molecule has 0 aliphatic carbocycles. The molecular weight excluding hydrogens is 292 g/mol. The number of fused-ring (bicyclic) bond motifs is 3. The zero-order valence-electron chi connectivity index (χ0n) is 13.1. The van der Waals surface area contributed by atoms with Crippen LogP contribution in [0.25, 0.3) is 10.9 Å². The molecule has 0 unspecified atom stereocenters. The number of amides is 2. The highest BCUT2D eigenvalue weighted by molar-refractivity contribution is 5.90. The molecule has 0 spiro atoms. The standard InChI is InChI=1S/C17H18N4O2/c1-10-9-15(20-23-10)19-17(22)21-8-7-13-12-5-3-4-6-14(12)18-16(13)11(21)2/h3-6,9,11,18H,7-8H2,1-2H3,(H,19,20,22)/t11-/m0/s1. The molecule has 0 radical (unpaired) electrons. The van der Waals surface area contributed by atoms with Gasteiger partial charge in [-0.05, 0) is 31.9 Å². The van der Waals surface area contributed by atoms with E-state index in [-0.39, 0.29) is 12.1 Å². The monoisotopic (exact) mass is 310 g/mol. The Morgan fingerprint density at radius 2 is 2.26 bits per heavy atom. The van der Waals surface area contributed by atoms with Crippen LogP contribution in [0, 0.1) is 6.92 Å². The summed E-state index contributed by atoms with van der Waals surface area (Å²) in [4.78, 5) is 17.8. The van der Waals surface area contributed by atoms with Gasteiger partial charge in [-0.15, -0.1) is 0 Å². The molecule has 3 aromatic rings. The van der Waals surface area contributed by atoms with Crippen molar-refractivity contribution in [1.29, 1.82) is 0 Å². The Morgan fingerprint density at radius 1 is 1.43 bits per heavy atom.